The van der Waals surface area contributed by atoms with Crippen LogP contribution in [0.1, 0.15) is 101 Å². The number of carbonyl (C=O) groups is 1. The smallest absolute Gasteiger partial charge is 0.236 e. The Balaban J connectivity index is 1.75. The summed E-state index contributed by atoms with van der Waals surface area (Å²) in [5.41, 5.74) is 4.06. The Bertz CT molecular complexity index is 757. The number of hydrogen-bond donors (Lipinski definition) is 2. The Morgan fingerprint density at radius 1 is 1.14 bits per heavy atom. The Morgan fingerprint density at radius 2 is 1.79 bits per heavy atom. The third-order valence-corrected chi connectivity index (χ3v) is 6.96. The van der Waals surface area contributed by atoms with Crippen LogP contribution in [0.15, 0.2) is 0 Å². The standard InChI is InChI=1S/C24H38N4O/c1-6-19(25)21(22-26-15(2)18-9-7-8-10-20(18)28-22)23(29)27-17-13-11-16(12-14-17)24(3,4)5/h16-17,21,25H,6-14H2,1-5H3,(H,27,29). The van der Waals surface area contributed by atoms with Gasteiger partial charge in [0.05, 0.1) is 0 Å². The van der Waals surface area contributed by atoms with E-state index in [0.29, 0.717) is 29.3 Å². The molecule has 1 heterocycles. The van der Waals surface area contributed by atoms with Gasteiger partial charge in [0.1, 0.15) is 11.7 Å². The van der Waals surface area contributed by atoms with Gasteiger partial charge in [-0.05, 0) is 81.6 Å². The third kappa shape index (κ3) is 5.04. The quantitative estimate of drug-likeness (QED) is 0.693. The first-order chi connectivity index (χ1) is 13.7. The summed E-state index contributed by atoms with van der Waals surface area (Å²) >= 11 is 0. The Labute approximate surface area is 176 Å². The number of rotatable bonds is 5. The maximum atomic E-state index is 13.2. The molecule has 5 nitrogen and oxygen atoms in total. The van der Waals surface area contributed by atoms with Crippen LogP contribution in [0, 0.1) is 23.7 Å². The fraction of sp³-hybridized carbons (Fsp3) is 0.750. The molecule has 1 fully saturated rings. The van der Waals surface area contributed by atoms with Crippen LogP contribution in [-0.4, -0.2) is 27.6 Å². The molecule has 0 spiro atoms. The van der Waals surface area contributed by atoms with Gasteiger partial charge in [-0.2, -0.15) is 0 Å². The number of nitrogens with one attached hydrogen (secondary N) is 2. The molecule has 1 atom stereocenters. The Kier molecular flexibility index (Phi) is 6.75. The van der Waals surface area contributed by atoms with Gasteiger partial charge >= 0.3 is 0 Å². The molecule has 2 aliphatic carbocycles. The second-order valence-electron chi connectivity index (χ2n) is 10.0. The molecule has 1 aromatic heterocycles. The van der Waals surface area contributed by atoms with Crippen molar-refractivity contribution in [3.8, 4) is 0 Å². The van der Waals surface area contributed by atoms with Crippen molar-refractivity contribution in [3.63, 3.8) is 0 Å². The molecule has 29 heavy (non-hydrogen) atoms. The first kappa shape index (κ1) is 21.9. The Morgan fingerprint density at radius 3 is 2.41 bits per heavy atom. The van der Waals surface area contributed by atoms with E-state index in [-0.39, 0.29) is 11.9 Å². The summed E-state index contributed by atoms with van der Waals surface area (Å²) < 4.78 is 0. The van der Waals surface area contributed by atoms with Crippen LogP contribution in [0.3, 0.4) is 0 Å². The van der Waals surface area contributed by atoms with Gasteiger partial charge in [-0.3, -0.25) is 4.79 Å². The highest BCUT2D eigenvalue weighted by Crippen LogP contribution is 2.38. The lowest BCUT2D eigenvalue weighted by Gasteiger charge is -2.37. The summed E-state index contributed by atoms with van der Waals surface area (Å²) in [4.78, 5) is 22.7. The van der Waals surface area contributed by atoms with E-state index in [1.165, 1.54) is 12.0 Å². The summed E-state index contributed by atoms with van der Waals surface area (Å²) in [6.07, 6.45) is 9.18. The molecule has 0 bridgehead atoms. The largest absolute Gasteiger partial charge is 0.352 e. The van der Waals surface area contributed by atoms with Crippen molar-refractivity contribution in [2.75, 3.05) is 0 Å². The molecule has 1 unspecified atom stereocenters. The van der Waals surface area contributed by atoms with Gasteiger partial charge < -0.3 is 10.7 Å². The van der Waals surface area contributed by atoms with Gasteiger partial charge in [0.15, 0.2) is 0 Å². The first-order valence-corrected chi connectivity index (χ1v) is 11.4. The molecule has 1 amide bonds. The lowest BCUT2D eigenvalue weighted by molar-refractivity contribution is -0.122. The van der Waals surface area contributed by atoms with E-state index < -0.39 is 5.92 Å². The zero-order chi connectivity index (χ0) is 21.2. The van der Waals surface area contributed by atoms with Crippen molar-refractivity contribution < 1.29 is 4.79 Å². The summed E-state index contributed by atoms with van der Waals surface area (Å²) in [6.45, 7) is 10.9. The Hall–Kier alpha value is -1.78. The van der Waals surface area contributed by atoms with Crippen LogP contribution in [0.5, 0.6) is 0 Å². The predicted molar refractivity (Wildman–Crippen MR) is 118 cm³/mol. The highest BCUT2D eigenvalue weighted by Gasteiger charge is 2.34. The van der Waals surface area contributed by atoms with Gasteiger partial charge in [0.2, 0.25) is 5.91 Å². The molecular weight excluding hydrogens is 360 g/mol. The van der Waals surface area contributed by atoms with E-state index in [1.54, 1.807) is 0 Å². The van der Waals surface area contributed by atoms with Crippen LogP contribution >= 0.6 is 0 Å². The zero-order valence-electron chi connectivity index (χ0n) is 18.9. The topological polar surface area (TPSA) is 78.7 Å². The van der Waals surface area contributed by atoms with Gasteiger partial charge in [0.25, 0.3) is 0 Å². The normalized spacial score (nSPS) is 23.2. The molecule has 0 radical (unpaired) electrons. The molecule has 1 saturated carbocycles. The average molecular weight is 399 g/mol. The van der Waals surface area contributed by atoms with E-state index >= 15 is 0 Å². The van der Waals surface area contributed by atoms with Crippen molar-refractivity contribution in [3.05, 3.63) is 22.8 Å². The lowest BCUT2D eigenvalue weighted by Crippen LogP contribution is -2.43. The number of aromatic nitrogens is 2. The first-order valence-electron chi connectivity index (χ1n) is 11.4. The van der Waals surface area contributed by atoms with E-state index in [0.717, 1.165) is 56.3 Å². The van der Waals surface area contributed by atoms with Crippen LogP contribution < -0.4 is 5.32 Å². The van der Waals surface area contributed by atoms with Crippen LogP contribution in [0.2, 0.25) is 0 Å². The van der Waals surface area contributed by atoms with E-state index in [1.807, 2.05) is 13.8 Å². The maximum absolute atomic E-state index is 13.2. The van der Waals surface area contributed by atoms with Crippen molar-refractivity contribution in [2.24, 2.45) is 11.3 Å². The van der Waals surface area contributed by atoms with Crippen molar-refractivity contribution in [2.45, 2.75) is 104 Å². The highest BCUT2D eigenvalue weighted by atomic mass is 16.2. The van der Waals surface area contributed by atoms with Crippen LogP contribution in [0.25, 0.3) is 0 Å². The highest BCUT2D eigenvalue weighted by molar-refractivity contribution is 6.07. The molecule has 0 aliphatic heterocycles. The minimum atomic E-state index is -0.661. The molecule has 5 heteroatoms. The van der Waals surface area contributed by atoms with Crippen LogP contribution in [0.4, 0.5) is 0 Å². The van der Waals surface area contributed by atoms with E-state index in [2.05, 4.69) is 26.1 Å². The second kappa shape index (κ2) is 8.93. The fourth-order valence-electron chi connectivity index (χ4n) is 4.96. The third-order valence-electron chi connectivity index (χ3n) is 6.96. The average Bonchev–Trinajstić information content (AvgIpc) is 2.68. The summed E-state index contributed by atoms with van der Waals surface area (Å²) in [5, 5.41) is 11.7. The minimum absolute atomic E-state index is 0.0915. The number of hydrogen-bond acceptors (Lipinski definition) is 4. The van der Waals surface area contributed by atoms with Crippen molar-refractivity contribution in [1.82, 2.24) is 15.3 Å². The van der Waals surface area contributed by atoms with Crippen molar-refractivity contribution >= 4 is 11.6 Å². The summed E-state index contributed by atoms with van der Waals surface area (Å²) in [5.74, 6) is 0.486. The van der Waals surface area contributed by atoms with Gasteiger partial charge in [-0.25, -0.2) is 9.97 Å². The summed E-state index contributed by atoms with van der Waals surface area (Å²) in [7, 11) is 0. The van der Waals surface area contributed by atoms with Gasteiger partial charge in [-0.15, -0.1) is 0 Å². The number of aryl methyl sites for hydroxylation is 2. The molecule has 2 N–H and O–H groups in total. The number of nitrogens with zero attached hydrogens (tertiary/aromatic N) is 2. The minimum Gasteiger partial charge on any atom is -0.352 e. The SMILES string of the molecule is CCC(=N)C(C(=O)NC1CCC(C(C)(C)C)CC1)c1nc(C)c2c(n1)CCCC2. The van der Waals surface area contributed by atoms with Gasteiger partial charge in [0, 0.05) is 23.1 Å². The summed E-state index contributed by atoms with van der Waals surface area (Å²) in [6, 6.07) is 0.201. The lowest BCUT2D eigenvalue weighted by atomic mass is 9.71. The van der Waals surface area contributed by atoms with Gasteiger partial charge in [-0.1, -0.05) is 27.7 Å². The van der Waals surface area contributed by atoms with E-state index in [9.17, 15) is 4.79 Å². The maximum Gasteiger partial charge on any atom is 0.236 e. The second-order valence-corrected chi connectivity index (χ2v) is 10.0. The number of amides is 1. The van der Waals surface area contributed by atoms with Crippen molar-refractivity contribution in [1.29, 1.82) is 5.41 Å². The molecule has 1 aromatic rings. The molecule has 160 valence electrons. The molecule has 3 rings (SSSR count). The number of fused-ring (bicyclic) bond motifs is 1. The van der Waals surface area contributed by atoms with E-state index in [4.69, 9.17) is 15.4 Å². The molecular formula is C24H38N4O. The number of carbonyl (C=O) groups excluding carboxylic acids is 1. The predicted octanol–water partition coefficient (Wildman–Crippen LogP) is 4.90. The molecule has 2 aliphatic rings. The monoisotopic (exact) mass is 398 g/mol. The zero-order valence-corrected chi connectivity index (χ0v) is 18.9. The molecule has 0 aromatic carbocycles. The fourth-order valence-corrected chi connectivity index (χ4v) is 4.96. The van der Waals surface area contributed by atoms with Crippen LogP contribution in [-0.2, 0) is 17.6 Å². The molecule has 0 saturated heterocycles.